The summed E-state index contributed by atoms with van der Waals surface area (Å²) in [6.45, 7) is 0. The highest BCUT2D eigenvalue weighted by molar-refractivity contribution is 6.02. The number of nitrogens with one attached hydrogen (secondary N) is 1. The van der Waals surface area contributed by atoms with Crippen molar-refractivity contribution in [2.45, 2.75) is 5.41 Å². The predicted octanol–water partition coefficient (Wildman–Crippen LogP) is 10.6. The van der Waals surface area contributed by atoms with Gasteiger partial charge >= 0.3 is 0 Å². The van der Waals surface area contributed by atoms with Crippen LogP contribution in [0.2, 0.25) is 0 Å². The normalized spacial score (nSPS) is 15.7. The minimum absolute atomic E-state index is 0.364. The molecule has 1 unspecified atom stereocenters. The van der Waals surface area contributed by atoms with E-state index >= 15 is 0 Å². The van der Waals surface area contributed by atoms with E-state index in [4.69, 9.17) is 0 Å². The summed E-state index contributed by atoms with van der Waals surface area (Å²) in [4.78, 5) is 0. The maximum absolute atomic E-state index is 3.81. The van der Waals surface area contributed by atoms with E-state index in [-0.39, 0.29) is 5.41 Å². The average Bonchev–Trinajstić information content (AvgIpc) is 3.52. The van der Waals surface area contributed by atoms with Gasteiger partial charge in [0.2, 0.25) is 0 Å². The molecule has 42 heavy (non-hydrogen) atoms. The molecule has 7 aromatic rings. The fourth-order valence-electron chi connectivity index (χ4n) is 7.51. The molecule has 2 aliphatic rings. The molecule has 1 heteroatoms. The zero-order valence-corrected chi connectivity index (χ0v) is 23.0. The molecule has 1 N–H and O–H groups in total. The zero-order valence-electron chi connectivity index (χ0n) is 23.0. The van der Waals surface area contributed by atoms with E-state index in [9.17, 15) is 0 Å². The maximum Gasteiger partial charge on any atom is 0.0726 e. The Morgan fingerprint density at radius 1 is 0.381 bits per heavy atom. The Morgan fingerprint density at radius 3 is 1.76 bits per heavy atom. The van der Waals surface area contributed by atoms with Crippen molar-refractivity contribution in [3.63, 3.8) is 0 Å². The minimum atomic E-state index is -0.364. The Hall–Kier alpha value is -5.40. The first kappa shape index (κ1) is 23.3. The van der Waals surface area contributed by atoms with Gasteiger partial charge in [0.1, 0.15) is 0 Å². The molecule has 0 amide bonds. The first-order valence-corrected chi connectivity index (χ1v) is 14.6. The van der Waals surface area contributed by atoms with Crippen molar-refractivity contribution in [2.75, 3.05) is 5.32 Å². The zero-order chi connectivity index (χ0) is 27.7. The highest BCUT2D eigenvalue weighted by Gasteiger charge is 2.52. The second kappa shape index (κ2) is 8.80. The summed E-state index contributed by atoms with van der Waals surface area (Å²) in [6, 6.07) is 57.7. The van der Waals surface area contributed by atoms with E-state index in [0.717, 1.165) is 11.4 Å². The summed E-state index contributed by atoms with van der Waals surface area (Å²) >= 11 is 0. The fourth-order valence-corrected chi connectivity index (χ4v) is 7.51. The molecular weight excluding hydrogens is 506 g/mol. The lowest BCUT2D eigenvalue weighted by Crippen LogP contribution is -2.25. The number of anilines is 2. The van der Waals surface area contributed by atoms with Gasteiger partial charge in [0.05, 0.1) is 5.41 Å². The number of hydrogen-bond donors (Lipinski definition) is 1. The lowest BCUT2D eigenvalue weighted by Gasteiger charge is -2.30. The molecule has 0 heterocycles. The first-order chi connectivity index (χ1) is 20.8. The van der Waals surface area contributed by atoms with Crippen LogP contribution in [0.1, 0.15) is 22.3 Å². The van der Waals surface area contributed by atoms with Crippen LogP contribution in [0.25, 0.3) is 44.2 Å². The summed E-state index contributed by atoms with van der Waals surface area (Å²) in [5.74, 6) is 0. The van der Waals surface area contributed by atoms with Gasteiger partial charge in [-0.2, -0.15) is 0 Å². The van der Waals surface area contributed by atoms with E-state index in [1.807, 2.05) is 0 Å². The van der Waals surface area contributed by atoms with Gasteiger partial charge in [-0.25, -0.2) is 0 Å². The molecular formula is C41H27N. The smallest absolute Gasteiger partial charge is 0.0726 e. The number of benzene rings is 7. The molecule has 0 bridgehead atoms. The summed E-state index contributed by atoms with van der Waals surface area (Å²) in [5.41, 5.74) is 15.0. The largest absolute Gasteiger partial charge is 0.355 e. The Balaban J connectivity index is 1.26. The third-order valence-corrected chi connectivity index (χ3v) is 9.25. The Kier molecular flexibility index (Phi) is 4.88. The molecule has 9 rings (SSSR count). The lowest BCUT2D eigenvalue weighted by atomic mass is 9.70. The molecule has 0 aliphatic heterocycles. The van der Waals surface area contributed by atoms with Crippen LogP contribution in [0.3, 0.4) is 0 Å². The monoisotopic (exact) mass is 533 g/mol. The summed E-state index contributed by atoms with van der Waals surface area (Å²) in [7, 11) is 0. The van der Waals surface area contributed by atoms with Crippen LogP contribution in [0.15, 0.2) is 158 Å². The van der Waals surface area contributed by atoms with Crippen LogP contribution in [0.5, 0.6) is 0 Å². The summed E-state index contributed by atoms with van der Waals surface area (Å²) in [6.07, 6.45) is 0. The summed E-state index contributed by atoms with van der Waals surface area (Å²) in [5, 5.41) is 6.37. The molecule has 7 aromatic carbocycles. The second-order valence-electron chi connectivity index (χ2n) is 11.4. The summed E-state index contributed by atoms with van der Waals surface area (Å²) < 4.78 is 0. The maximum atomic E-state index is 3.81. The first-order valence-electron chi connectivity index (χ1n) is 14.6. The number of fused-ring (bicyclic) bond motifs is 11. The Labute approximate surface area is 245 Å². The number of hydrogen-bond acceptors (Lipinski definition) is 1. The lowest BCUT2D eigenvalue weighted by molar-refractivity contribution is 0.795. The van der Waals surface area contributed by atoms with Crippen molar-refractivity contribution in [1.29, 1.82) is 0 Å². The topological polar surface area (TPSA) is 12.0 Å². The molecule has 0 aromatic heterocycles. The molecule has 0 saturated heterocycles. The van der Waals surface area contributed by atoms with Gasteiger partial charge in [0.15, 0.2) is 0 Å². The van der Waals surface area contributed by atoms with Crippen molar-refractivity contribution in [2.24, 2.45) is 0 Å². The Morgan fingerprint density at radius 2 is 0.976 bits per heavy atom. The van der Waals surface area contributed by atoms with Crippen molar-refractivity contribution in [3.05, 3.63) is 180 Å². The highest BCUT2D eigenvalue weighted by atomic mass is 14.9. The van der Waals surface area contributed by atoms with Crippen LogP contribution in [0, 0.1) is 0 Å². The van der Waals surface area contributed by atoms with Crippen LogP contribution < -0.4 is 5.32 Å². The molecule has 1 atom stereocenters. The van der Waals surface area contributed by atoms with Crippen LogP contribution in [-0.4, -0.2) is 0 Å². The highest BCUT2D eigenvalue weighted by Crippen LogP contribution is 2.64. The molecule has 1 spiro atoms. The van der Waals surface area contributed by atoms with Gasteiger partial charge in [-0.1, -0.05) is 127 Å². The quantitative estimate of drug-likeness (QED) is 0.238. The third kappa shape index (κ3) is 3.14. The van der Waals surface area contributed by atoms with Crippen LogP contribution in [-0.2, 0) is 5.41 Å². The molecule has 0 saturated carbocycles. The van der Waals surface area contributed by atoms with E-state index in [1.165, 1.54) is 66.4 Å². The molecule has 0 fully saturated rings. The average molecular weight is 534 g/mol. The van der Waals surface area contributed by atoms with Gasteiger partial charge in [0, 0.05) is 16.9 Å². The van der Waals surface area contributed by atoms with Gasteiger partial charge in [-0.3, -0.25) is 0 Å². The molecule has 1 nitrogen and oxygen atoms in total. The minimum Gasteiger partial charge on any atom is -0.355 e. The van der Waals surface area contributed by atoms with E-state index in [2.05, 4.69) is 163 Å². The van der Waals surface area contributed by atoms with Crippen molar-refractivity contribution in [3.8, 4) is 33.4 Å². The third-order valence-electron chi connectivity index (χ3n) is 9.25. The predicted molar refractivity (Wildman–Crippen MR) is 175 cm³/mol. The van der Waals surface area contributed by atoms with Gasteiger partial charge < -0.3 is 5.32 Å². The molecule has 196 valence electrons. The van der Waals surface area contributed by atoms with Crippen molar-refractivity contribution < 1.29 is 0 Å². The number of rotatable bonds is 3. The van der Waals surface area contributed by atoms with Gasteiger partial charge in [-0.15, -0.1) is 0 Å². The van der Waals surface area contributed by atoms with Crippen LogP contribution in [0.4, 0.5) is 11.4 Å². The Bertz CT molecular complexity index is 2160. The second-order valence-corrected chi connectivity index (χ2v) is 11.4. The molecule has 2 aliphatic carbocycles. The van der Waals surface area contributed by atoms with E-state index < -0.39 is 0 Å². The van der Waals surface area contributed by atoms with E-state index in [0.29, 0.717) is 0 Å². The van der Waals surface area contributed by atoms with E-state index in [1.54, 1.807) is 0 Å². The van der Waals surface area contributed by atoms with Crippen molar-refractivity contribution in [1.82, 2.24) is 0 Å². The van der Waals surface area contributed by atoms with Crippen LogP contribution >= 0.6 is 0 Å². The van der Waals surface area contributed by atoms with Gasteiger partial charge in [-0.05, 0) is 91.2 Å². The standard InChI is InChI=1S/C41H27N/c1-2-11-27(12-3-1)28-21-23-31(24-22-28)42-39-20-10-19-37-40(39)33-16-7-9-18-36(33)41(37)35-17-8-6-15-32(35)34-25-29-13-4-5-14-30(29)26-38(34)41/h1-26,42H. The molecule has 0 radical (unpaired) electrons. The fraction of sp³-hybridized carbons (Fsp3) is 0.0244. The SMILES string of the molecule is c1ccc(-c2ccc(Nc3cccc4c3-c3ccccc3C43c4ccccc4-c4cc5ccccc5cc43)cc2)cc1. The van der Waals surface area contributed by atoms with Crippen molar-refractivity contribution >= 4 is 22.1 Å². The van der Waals surface area contributed by atoms with Gasteiger partial charge in [0.25, 0.3) is 0 Å².